The van der Waals surface area contributed by atoms with E-state index in [-0.39, 0.29) is 12.7 Å². The molecule has 2 rings (SSSR count). The van der Waals surface area contributed by atoms with Gasteiger partial charge in [-0.15, -0.1) is 0 Å². The van der Waals surface area contributed by atoms with Crippen LogP contribution in [0.1, 0.15) is 12.7 Å². The van der Waals surface area contributed by atoms with Gasteiger partial charge in [-0.2, -0.15) is 0 Å². The van der Waals surface area contributed by atoms with Crippen LogP contribution < -0.4 is 0 Å². The van der Waals surface area contributed by atoms with Gasteiger partial charge in [0, 0.05) is 32.0 Å². The van der Waals surface area contributed by atoms with Gasteiger partial charge >= 0.3 is 0 Å². The smallest absolute Gasteiger partial charge is 0.122 e. The standard InChI is InChI=1S/C11H19N3O2/c1-2-14-4-3-12-11(14)8-13-5-6-16-10(7-13)9-15/h3-4,10,15H,2,5-9H2,1H3. The van der Waals surface area contributed by atoms with Crippen LogP contribution in [-0.2, 0) is 17.8 Å². The van der Waals surface area contributed by atoms with E-state index in [1.165, 1.54) is 0 Å². The molecular weight excluding hydrogens is 206 g/mol. The first-order valence-corrected chi connectivity index (χ1v) is 5.78. The van der Waals surface area contributed by atoms with E-state index in [4.69, 9.17) is 9.84 Å². The highest BCUT2D eigenvalue weighted by molar-refractivity contribution is 4.92. The van der Waals surface area contributed by atoms with Crippen LogP contribution in [0.15, 0.2) is 12.4 Å². The molecule has 90 valence electrons. The first-order chi connectivity index (χ1) is 7.83. The lowest BCUT2D eigenvalue weighted by Gasteiger charge is -2.31. The summed E-state index contributed by atoms with van der Waals surface area (Å²) in [7, 11) is 0. The van der Waals surface area contributed by atoms with Crippen molar-refractivity contribution in [3.8, 4) is 0 Å². The molecule has 0 bridgehead atoms. The van der Waals surface area contributed by atoms with E-state index in [2.05, 4.69) is 21.4 Å². The van der Waals surface area contributed by atoms with E-state index in [0.717, 1.165) is 32.0 Å². The van der Waals surface area contributed by atoms with Crippen LogP contribution in [0.2, 0.25) is 0 Å². The molecule has 1 aromatic heterocycles. The third-order valence-electron chi connectivity index (χ3n) is 2.93. The lowest BCUT2D eigenvalue weighted by atomic mass is 10.3. The quantitative estimate of drug-likeness (QED) is 0.789. The second kappa shape index (κ2) is 5.43. The molecule has 1 unspecified atom stereocenters. The Morgan fingerprint density at radius 2 is 2.50 bits per heavy atom. The first kappa shape index (κ1) is 11.6. The van der Waals surface area contributed by atoms with E-state index >= 15 is 0 Å². The van der Waals surface area contributed by atoms with Gasteiger partial charge in [-0.3, -0.25) is 4.90 Å². The van der Waals surface area contributed by atoms with E-state index in [9.17, 15) is 0 Å². The zero-order chi connectivity index (χ0) is 11.4. The molecule has 5 heteroatoms. The van der Waals surface area contributed by atoms with Crippen molar-refractivity contribution in [1.29, 1.82) is 0 Å². The van der Waals surface area contributed by atoms with Gasteiger partial charge in [0.1, 0.15) is 5.82 Å². The average Bonchev–Trinajstić information content (AvgIpc) is 2.76. The number of ether oxygens (including phenoxy) is 1. The Morgan fingerprint density at radius 3 is 3.25 bits per heavy atom. The summed E-state index contributed by atoms with van der Waals surface area (Å²) < 4.78 is 7.56. The molecule has 0 amide bonds. The maximum atomic E-state index is 9.06. The molecule has 0 aliphatic carbocycles. The molecule has 5 nitrogen and oxygen atoms in total. The van der Waals surface area contributed by atoms with E-state index < -0.39 is 0 Å². The van der Waals surface area contributed by atoms with Gasteiger partial charge in [0.25, 0.3) is 0 Å². The molecule has 16 heavy (non-hydrogen) atoms. The summed E-state index contributed by atoms with van der Waals surface area (Å²) in [5.74, 6) is 1.08. The molecular formula is C11H19N3O2. The molecule has 2 heterocycles. The van der Waals surface area contributed by atoms with Crippen molar-refractivity contribution in [2.75, 3.05) is 26.3 Å². The predicted octanol–water partition coefficient (Wildman–Crippen LogP) is 0.0961. The highest BCUT2D eigenvalue weighted by Gasteiger charge is 2.20. The molecule has 1 atom stereocenters. The molecule has 1 aliphatic rings. The first-order valence-electron chi connectivity index (χ1n) is 5.78. The van der Waals surface area contributed by atoms with Gasteiger partial charge in [0.2, 0.25) is 0 Å². The Labute approximate surface area is 95.7 Å². The molecule has 1 saturated heterocycles. The van der Waals surface area contributed by atoms with Gasteiger partial charge in [0.05, 0.1) is 25.9 Å². The van der Waals surface area contributed by atoms with Crippen molar-refractivity contribution in [3.05, 3.63) is 18.2 Å². The second-order valence-corrected chi connectivity index (χ2v) is 4.04. The van der Waals surface area contributed by atoms with Crippen LogP contribution in [-0.4, -0.2) is 52.0 Å². The minimum Gasteiger partial charge on any atom is -0.394 e. The molecule has 1 N–H and O–H groups in total. The van der Waals surface area contributed by atoms with Crippen LogP contribution in [0.4, 0.5) is 0 Å². The highest BCUT2D eigenvalue weighted by Crippen LogP contribution is 2.09. The largest absolute Gasteiger partial charge is 0.394 e. The summed E-state index contributed by atoms with van der Waals surface area (Å²) in [6, 6.07) is 0. The lowest BCUT2D eigenvalue weighted by Crippen LogP contribution is -2.43. The minimum atomic E-state index is -0.0428. The van der Waals surface area contributed by atoms with Crippen molar-refractivity contribution in [2.45, 2.75) is 26.1 Å². The van der Waals surface area contributed by atoms with E-state index in [0.29, 0.717) is 6.61 Å². The molecule has 1 fully saturated rings. The molecule has 0 spiro atoms. The van der Waals surface area contributed by atoms with Gasteiger partial charge < -0.3 is 14.4 Å². The zero-order valence-electron chi connectivity index (χ0n) is 9.67. The van der Waals surface area contributed by atoms with Gasteiger partial charge in [0.15, 0.2) is 0 Å². The topological polar surface area (TPSA) is 50.5 Å². The zero-order valence-corrected chi connectivity index (χ0v) is 9.67. The van der Waals surface area contributed by atoms with Gasteiger partial charge in [-0.25, -0.2) is 4.98 Å². The number of aliphatic hydroxyl groups is 1. The third-order valence-corrected chi connectivity index (χ3v) is 2.93. The van der Waals surface area contributed by atoms with Crippen molar-refractivity contribution in [2.24, 2.45) is 0 Å². The fourth-order valence-electron chi connectivity index (χ4n) is 2.01. The fourth-order valence-corrected chi connectivity index (χ4v) is 2.01. The third kappa shape index (κ3) is 2.61. The average molecular weight is 225 g/mol. The summed E-state index contributed by atoms with van der Waals surface area (Å²) in [5.41, 5.74) is 0. The van der Waals surface area contributed by atoms with Crippen LogP contribution in [0, 0.1) is 0 Å². The maximum Gasteiger partial charge on any atom is 0.122 e. The number of hydrogen-bond acceptors (Lipinski definition) is 4. The number of morpholine rings is 1. The lowest BCUT2D eigenvalue weighted by molar-refractivity contribution is -0.0558. The fraction of sp³-hybridized carbons (Fsp3) is 0.727. The Hall–Kier alpha value is -0.910. The summed E-state index contributed by atoms with van der Waals surface area (Å²) in [4.78, 5) is 6.63. The highest BCUT2D eigenvalue weighted by atomic mass is 16.5. The van der Waals surface area contributed by atoms with Gasteiger partial charge in [-0.1, -0.05) is 0 Å². The Bertz CT molecular complexity index is 327. The Morgan fingerprint density at radius 1 is 1.62 bits per heavy atom. The van der Waals surface area contributed by atoms with Crippen molar-refractivity contribution >= 4 is 0 Å². The van der Waals surface area contributed by atoms with Crippen LogP contribution >= 0.6 is 0 Å². The molecule has 0 radical (unpaired) electrons. The number of nitrogens with zero attached hydrogens (tertiary/aromatic N) is 3. The van der Waals surface area contributed by atoms with Crippen molar-refractivity contribution in [1.82, 2.24) is 14.5 Å². The SMILES string of the molecule is CCn1ccnc1CN1CCOC(CO)C1. The molecule has 0 saturated carbocycles. The van der Waals surface area contributed by atoms with Crippen LogP contribution in [0.5, 0.6) is 0 Å². The molecule has 1 aromatic rings. The normalized spacial score (nSPS) is 22.5. The summed E-state index contributed by atoms with van der Waals surface area (Å²) >= 11 is 0. The minimum absolute atomic E-state index is 0.0428. The maximum absolute atomic E-state index is 9.06. The van der Waals surface area contributed by atoms with Crippen LogP contribution in [0.25, 0.3) is 0 Å². The summed E-state index contributed by atoms with van der Waals surface area (Å²) in [5, 5.41) is 9.06. The number of hydrogen-bond donors (Lipinski definition) is 1. The van der Waals surface area contributed by atoms with Crippen molar-refractivity contribution in [3.63, 3.8) is 0 Å². The summed E-state index contributed by atoms with van der Waals surface area (Å²) in [6.45, 7) is 6.38. The number of rotatable bonds is 4. The monoisotopic (exact) mass is 225 g/mol. The molecule has 0 aromatic carbocycles. The number of imidazole rings is 1. The molecule has 1 aliphatic heterocycles. The Kier molecular flexibility index (Phi) is 3.93. The van der Waals surface area contributed by atoms with E-state index in [1.807, 2.05) is 12.4 Å². The Balaban J connectivity index is 1.93. The van der Waals surface area contributed by atoms with Crippen LogP contribution in [0.3, 0.4) is 0 Å². The second-order valence-electron chi connectivity index (χ2n) is 4.04. The number of aliphatic hydroxyl groups excluding tert-OH is 1. The number of aryl methyl sites for hydroxylation is 1. The van der Waals surface area contributed by atoms with Crippen molar-refractivity contribution < 1.29 is 9.84 Å². The van der Waals surface area contributed by atoms with E-state index in [1.54, 1.807) is 0 Å². The number of aromatic nitrogens is 2. The predicted molar refractivity (Wildman–Crippen MR) is 60.0 cm³/mol. The summed E-state index contributed by atoms with van der Waals surface area (Å²) in [6.07, 6.45) is 3.79. The van der Waals surface area contributed by atoms with Gasteiger partial charge in [-0.05, 0) is 6.92 Å².